The van der Waals surface area contributed by atoms with Gasteiger partial charge in [0.1, 0.15) is 11.6 Å². The molecule has 0 aliphatic carbocycles. The molecule has 4 nitrogen and oxygen atoms in total. The average Bonchev–Trinajstić information content (AvgIpc) is 2.36. The van der Waals surface area contributed by atoms with Crippen LogP contribution in [0.1, 0.15) is 26.3 Å². The molecule has 1 saturated heterocycles. The maximum absolute atomic E-state index is 13.1. The molecule has 2 amide bonds. The van der Waals surface area contributed by atoms with E-state index in [2.05, 4.69) is 5.32 Å². The molecule has 1 unspecified atom stereocenters. The van der Waals surface area contributed by atoms with Crippen LogP contribution < -0.4 is 10.2 Å². The lowest BCUT2D eigenvalue weighted by molar-refractivity contribution is -0.139. The van der Waals surface area contributed by atoms with Crippen molar-refractivity contribution in [1.82, 2.24) is 5.32 Å². The van der Waals surface area contributed by atoms with E-state index in [-0.39, 0.29) is 5.69 Å². The molecule has 114 valence electrons. The number of rotatable bonds is 1. The number of halogens is 3. The number of benzene rings is 1. The number of anilines is 1. The molecular weight excluding hydrogens is 285 g/mol. The molecule has 1 fully saturated rings. The van der Waals surface area contributed by atoms with Crippen LogP contribution in [0.4, 0.5) is 18.9 Å². The van der Waals surface area contributed by atoms with Gasteiger partial charge < -0.3 is 5.32 Å². The minimum Gasteiger partial charge on any atom is -0.340 e. The van der Waals surface area contributed by atoms with Gasteiger partial charge in [0.25, 0.3) is 5.91 Å². The summed E-state index contributed by atoms with van der Waals surface area (Å²) in [4.78, 5) is 25.3. The molecule has 21 heavy (non-hydrogen) atoms. The molecule has 1 N–H and O–H groups in total. The Labute approximate surface area is 119 Å². The topological polar surface area (TPSA) is 49.4 Å². The SMILES string of the molecule is CC1C(=O)NC(C)(C)C(=O)N1c1ccccc1C(F)(F)F. The fraction of sp³-hybridized carbons (Fsp3) is 0.429. The van der Waals surface area contributed by atoms with Crippen LogP contribution in [-0.4, -0.2) is 23.4 Å². The molecule has 7 heteroatoms. The second kappa shape index (κ2) is 4.75. The summed E-state index contributed by atoms with van der Waals surface area (Å²) in [6.45, 7) is 4.32. The van der Waals surface area contributed by atoms with Crippen molar-refractivity contribution in [2.24, 2.45) is 0 Å². The molecule has 1 aromatic rings. The van der Waals surface area contributed by atoms with E-state index in [9.17, 15) is 22.8 Å². The minimum absolute atomic E-state index is 0.301. The second-order valence-corrected chi connectivity index (χ2v) is 5.48. The molecule has 0 radical (unpaired) electrons. The Morgan fingerprint density at radius 1 is 1.19 bits per heavy atom. The summed E-state index contributed by atoms with van der Waals surface area (Å²) >= 11 is 0. The van der Waals surface area contributed by atoms with Crippen LogP contribution in [0.25, 0.3) is 0 Å². The fourth-order valence-corrected chi connectivity index (χ4v) is 2.30. The second-order valence-electron chi connectivity index (χ2n) is 5.48. The van der Waals surface area contributed by atoms with Crippen LogP contribution in [0.5, 0.6) is 0 Å². The first-order valence-corrected chi connectivity index (χ1v) is 6.37. The Hall–Kier alpha value is -2.05. The number of amides is 2. The van der Waals surface area contributed by atoms with E-state index in [0.29, 0.717) is 0 Å². The first kappa shape index (κ1) is 15.3. The molecule has 1 heterocycles. The Morgan fingerprint density at radius 3 is 2.33 bits per heavy atom. The van der Waals surface area contributed by atoms with E-state index in [1.54, 1.807) is 0 Å². The molecular formula is C14H15F3N2O2. The maximum Gasteiger partial charge on any atom is 0.418 e. The highest BCUT2D eigenvalue weighted by molar-refractivity contribution is 6.10. The lowest BCUT2D eigenvalue weighted by Gasteiger charge is -2.42. The Kier molecular flexibility index (Phi) is 3.47. The molecule has 1 aliphatic heterocycles. The standard InChI is InChI=1S/C14H15F3N2O2/c1-8-11(20)18-13(2,3)12(21)19(8)10-7-5-4-6-9(10)14(15,16)17/h4-8H,1-3H3,(H,18,20). The van der Waals surface area contributed by atoms with E-state index in [1.807, 2.05) is 0 Å². The summed E-state index contributed by atoms with van der Waals surface area (Å²) < 4.78 is 39.3. The van der Waals surface area contributed by atoms with E-state index < -0.39 is 35.1 Å². The van der Waals surface area contributed by atoms with Crippen LogP contribution in [0.15, 0.2) is 24.3 Å². The third-order valence-corrected chi connectivity index (χ3v) is 3.42. The van der Waals surface area contributed by atoms with Gasteiger partial charge in [-0.25, -0.2) is 0 Å². The smallest absolute Gasteiger partial charge is 0.340 e. The van der Waals surface area contributed by atoms with E-state index in [4.69, 9.17) is 0 Å². The summed E-state index contributed by atoms with van der Waals surface area (Å²) in [5, 5.41) is 2.50. The zero-order valence-corrected chi connectivity index (χ0v) is 11.8. The molecule has 0 saturated carbocycles. The van der Waals surface area contributed by atoms with Crippen molar-refractivity contribution < 1.29 is 22.8 Å². The van der Waals surface area contributed by atoms with Crippen LogP contribution in [-0.2, 0) is 15.8 Å². The molecule has 0 bridgehead atoms. The van der Waals surface area contributed by atoms with Crippen molar-refractivity contribution >= 4 is 17.5 Å². The van der Waals surface area contributed by atoms with Gasteiger partial charge in [0.2, 0.25) is 5.91 Å². The number of carbonyl (C=O) groups is 2. The largest absolute Gasteiger partial charge is 0.418 e. The number of nitrogens with one attached hydrogen (secondary N) is 1. The van der Waals surface area contributed by atoms with Gasteiger partial charge in [0.15, 0.2) is 0 Å². The van der Waals surface area contributed by atoms with E-state index >= 15 is 0 Å². The summed E-state index contributed by atoms with van der Waals surface area (Å²) in [6, 6.07) is 3.75. The van der Waals surface area contributed by atoms with Gasteiger partial charge >= 0.3 is 6.18 Å². The van der Waals surface area contributed by atoms with Crippen molar-refractivity contribution in [1.29, 1.82) is 0 Å². The molecule has 2 rings (SSSR count). The highest BCUT2D eigenvalue weighted by Crippen LogP contribution is 2.38. The quantitative estimate of drug-likeness (QED) is 0.865. The Morgan fingerprint density at radius 2 is 1.76 bits per heavy atom. The highest BCUT2D eigenvalue weighted by atomic mass is 19.4. The van der Waals surface area contributed by atoms with Gasteiger partial charge in [-0.05, 0) is 32.9 Å². The Balaban J connectivity index is 2.59. The first-order chi connectivity index (χ1) is 9.55. The molecule has 0 aromatic heterocycles. The van der Waals surface area contributed by atoms with Gasteiger partial charge in [-0.2, -0.15) is 13.2 Å². The van der Waals surface area contributed by atoms with Crippen LogP contribution >= 0.6 is 0 Å². The number of hydrogen-bond donors (Lipinski definition) is 1. The summed E-state index contributed by atoms with van der Waals surface area (Å²) in [7, 11) is 0. The highest BCUT2D eigenvalue weighted by Gasteiger charge is 2.46. The number of para-hydroxylation sites is 1. The third kappa shape index (κ3) is 2.59. The van der Waals surface area contributed by atoms with Crippen LogP contribution in [0, 0.1) is 0 Å². The van der Waals surface area contributed by atoms with Crippen molar-refractivity contribution in [3.05, 3.63) is 29.8 Å². The first-order valence-electron chi connectivity index (χ1n) is 6.37. The number of nitrogens with zero attached hydrogens (tertiary/aromatic N) is 1. The predicted molar refractivity (Wildman–Crippen MR) is 70.6 cm³/mol. The lowest BCUT2D eigenvalue weighted by Crippen LogP contribution is -2.67. The van der Waals surface area contributed by atoms with Gasteiger partial charge in [0.05, 0.1) is 11.3 Å². The van der Waals surface area contributed by atoms with E-state index in [1.165, 1.54) is 39.0 Å². The van der Waals surface area contributed by atoms with Gasteiger partial charge in [-0.15, -0.1) is 0 Å². The average molecular weight is 300 g/mol. The number of alkyl halides is 3. The lowest BCUT2D eigenvalue weighted by atomic mass is 9.95. The van der Waals surface area contributed by atoms with Crippen molar-refractivity contribution in [2.45, 2.75) is 38.5 Å². The fourth-order valence-electron chi connectivity index (χ4n) is 2.30. The van der Waals surface area contributed by atoms with Crippen molar-refractivity contribution in [2.75, 3.05) is 4.90 Å². The molecule has 1 atom stereocenters. The molecule has 1 aliphatic rings. The third-order valence-electron chi connectivity index (χ3n) is 3.42. The zero-order chi connectivity index (χ0) is 16.0. The summed E-state index contributed by atoms with van der Waals surface area (Å²) in [6.07, 6.45) is -4.60. The van der Waals surface area contributed by atoms with Crippen LogP contribution in [0.3, 0.4) is 0 Å². The zero-order valence-electron chi connectivity index (χ0n) is 11.8. The van der Waals surface area contributed by atoms with Crippen molar-refractivity contribution in [3.8, 4) is 0 Å². The normalized spacial score (nSPS) is 22.2. The van der Waals surface area contributed by atoms with Crippen molar-refractivity contribution in [3.63, 3.8) is 0 Å². The molecule has 0 spiro atoms. The predicted octanol–water partition coefficient (Wildman–Crippen LogP) is 2.34. The van der Waals surface area contributed by atoms with Gasteiger partial charge in [0, 0.05) is 0 Å². The summed E-state index contributed by atoms with van der Waals surface area (Å²) in [5.41, 5.74) is -2.48. The monoisotopic (exact) mass is 300 g/mol. The Bertz CT molecular complexity index is 596. The van der Waals surface area contributed by atoms with Crippen LogP contribution in [0.2, 0.25) is 0 Å². The van der Waals surface area contributed by atoms with E-state index in [0.717, 1.165) is 11.0 Å². The number of piperazine rings is 1. The number of hydrogen-bond acceptors (Lipinski definition) is 2. The maximum atomic E-state index is 13.1. The van der Waals surface area contributed by atoms with Gasteiger partial charge in [-0.1, -0.05) is 12.1 Å². The molecule has 1 aromatic carbocycles. The summed E-state index contributed by atoms with van der Waals surface area (Å²) in [5.74, 6) is -1.07. The number of carbonyl (C=O) groups excluding carboxylic acids is 2. The van der Waals surface area contributed by atoms with Gasteiger partial charge in [-0.3, -0.25) is 14.5 Å². The minimum atomic E-state index is -4.60.